The molecule has 2 saturated heterocycles. The van der Waals surface area contributed by atoms with Crippen LogP contribution in [0.15, 0.2) is 0 Å². The molecule has 76 valence electrons. The van der Waals surface area contributed by atoms with Gasteiger partial charge in [-0.3, -0.25) is 0 Å². The van der Waals surface area contributed by atoms with E-state index in [2.05, 4.69) is 5.32 Å². The van der Waals surface area contributed by atoms with E-state index in [1.807, 2.05) is 0 Å². The van der Waals surface area contributed by atoms with Crippen molar-refractivity contribution < 1.29 is 8.42 Å². The van der Waals surface area contributed by atoms with Gasteiger partial charge in [-0.2, -0.15) is 0 Å². The number of piperidine rings is 1. The van der Waals surface area contributed by atoms with Gasteiger partial charge in [0.25, 0.3) is 0 Å². The molecule has 0 radical (unpaired) electrons. The van der Waals surface area contributed by atoms with E-state index in [1.165, 1.54) is 12.8 Å². The number of nitrogens with one attached hydrogen (secondary N) is 1. The Hall–Kier alpha value is -0.0900. The van der Waals surface area contributed by atoms with Gasteiger partial charge >= 0.3 is 0 Å². The zero-order chi connectivity index (χ0) is 9.47. The third kappa shape index (κ3) is 1.74. The minimum Gasteiger partial charge on any atom is -0.311 e. The smallest absolute Gasteiger partial charge is 0.153 e. The fourth-order valence-electron chi connectivity index (χ4n) is 2.53. The first-order valence-corrected chi connectivity index (χ1v) is 6.81. The first-order valence-electron chi connectivity index (χ1n) is 5.09. The molecule has 0 aromatic rings. The van der Waals surface area contributed by atoms with Crippen LogP contribution in [0.25, 0.3) is 0 Å². The van der Waals surface area contributed by atoms with Crippen molar-refractivity contribution in [2.24, 2.45) is 0 Å². The Labute approximate surface area is 79.8 Å². The Balaban J connectivity index is 2.11. The van der Waals surface area contributed by atoms with E-state index < -0.39 is 9.84 Å². The molecule has 2 fully saturated rings. The predicted molar refractivity (Wildman–Crippen MR) is 52.4 cm³/mol. The van der Waals surface area contributed by atoms with Crippen molar-refractivity contribution in [3.8, 4) is 0 Å². The molecule has 0 unspecified atom stereocenters. The molecule has 2 bridgehead atoms. The van der Waals surface area contributed by atoms with Gasteiger partial charge in [0.2, 0.25) is 0 Å². The molecular weight excluding hydrogens is 186 g/mol. The molecule has 2 heterocycles. The van der Waals surface area contributed by atoms with E-state index in [-0.39, 0.29) is 5.25 Å². The van der Waals surface area contributed by atoms with E-state index in [1.54, 1.807) is 6.92 Å². The quantitative estimate of drug-likeness (QED) is 0.719. The Morgan fingerprint density at radius 3 is 2.23 bits per heavy atom. The van der Waals surface area contributed by atoms with Gasteiger partial charge in [-0.1, -0.05) is 6.92 Å². The molecular formula is C9H17NO2S. The van der Waals surface area contributed by atoms with Crippen LogP contribution in [-0.4, -0.2) is 31.5 Å². The maximum atomic E-state index is 11.6. The second kappa shape index (κ2) is 3.24. The highest BCUT2D eigenvalue weighted by atomic mass is 32.2. The van der Waals surface area contributed by atoms with Crippen molar-refractivity contribution in [3.05, 3.63) is 0 Å². The van der Waals surface area contributed by atoms with E-state index in [0.717, 1.165) is 12.8 Å². The van der Waals surface area contributed by atoms with Crippen LogP contribution < -0.4 is 5.32 Å². The summed E-state index contributed by atoms with van der Waals surface area (Å²) >= 11 is 0. The summed E-state index contributed by atoms with van der Waals surface area (Å²) in [6.07, 6.45) is 4.01. The Kier molecular flexibility index (Phi) is 2.36. The number of rotatable bonds is 2. The number of hydrogen-bond acceptors (Lipinski definition) is 3. The molecule has 0 amide bonds. The maximum absolute atomic E-state index is 11.6. The first-order chi connectivity index (χ1) is 6.12. The van der Waals surface area contributed by atoms with Crippen LogP contribution in [0.3, 0.4) is 0 Å². The summed E-state index contributed by atoms with van der Waals surface area (Å²) < 4.78 is 23.3. The summed E-state index contributed by atoms with van der Waals surface area (Å²) in [6, 6.07) is 0.954. The highest BCUT2D eigenvalue weighted by molar-refractivity contribution is 7.92. The van der Waals surface area contributed by atoms with Crippen molar-refractivity contribution in [1.82, 2.24) is 5.32 Å². The van der Waals surface area contributed by atoms with Gasteiger partial charge in [0.15, 0.2) is 9.84 Å². The largest absolute Gasteiger partial charge is 0.311 e. The molecule has 4 heteroatoms. The van der Waals surface area contributed by atoms with Crippen molar-refractivity contribution >= 4 is 9.84 Å². The second-order valence-electron chi connectivity index (χ2n) is 4.18. The van der Waals surface area contributed by atoms with Gasteiger partial charge in [0.1, 0.15) is 0 Å². The summed E-state index contributed by atoms with van der Waals surface area (Å²) in [6.45, 7) is 1.75. The fraction of sp³-hybridized carbons (Fsp3) is 1.00. The third-order valence-corrected chi connectivity index (χ3v) is 5.55. The lowest BCUT2D eigenvalue weighted by Crippen LogP contribution is -2.43. The summed E-state index contributed by atoms with van der Waals surface area (Å²) in [4.78, 5) is 0. The number of sulfone groups is 1. The average molecular weight is 203 g/mol. The van der Waals surface area contributed by atoms with Crippen LogP contribution in [0.1, 0.15) is 32.6 Å². The van der Waals surface area contributed by atoms with Crippen LogP contribution in [0.4, 0.5) is 0 Å². The molecule has 1 N–H and O–H groups in total. The van der Waals surface area contributed by atoms with Crippen LogP contribution in [-0.2, 0) is 9.84 Å². The van der Waals surface area contributed by atoms with Gasteiger partial charge in [-0.25, -0.2) is 8.42 Å². The molecule has 0 aliphatic carbocycles. The van der Waals surface area contributed by atoms with Crippen LogP contribution >= 0.6 is 0 Å². The topological polar surface area (TPSA) is 46.2 Å². The Bertz CT molecular complexity index is 274. The van der Waals surface area contributed by atoms with Gasteiger partial charge < -0.3 is 5.32 Å². The normalized spacial score (nSPS) is 39.3. The summed E-state index contributed by atoms with van der Waals surface area (Å²) in [7, 11) is -2.79. The lowest BCUT2D eigenvalue weighted by atomic mass is 10.1. The zero-order valence-corrected chi connectivity index (χ0v) is 8.81. The molecule has 13 heavy (non-hydrogen) atoms. The molecule has 3 nitrogen and oxygen atoms in total. The van der Waals surface area contributed by atoms with Gasteiger partial charge in [0.05, 0.1) is 5.25 Å². The summed E-state index contributed by atoms with van der Waals surface area (Å²) in [5.74, 6) is 0.303. The predicted octanol–water partition coefficient (Wildman–Crippen LogP) is 0.704. The lowest BCUT2D eigenvalue weighted by molar-refractivity contribution is 0.401. The standard InChI is InChI=1S/C9H17NO2S/c1-2-13(11,12)9-5-7-3-4-8(6-9)10-7/h7-10H,2-6H2,1H3/t7-,8-/m1/s1. The first kappa shape index (κ1) is 9.46. The monoisotopic (exact) mass is 203 g/mol. The van der Waals surface area contributed by atoms with E-state index in [4.69, 9.17) is 0 Å². The fourth-order valence-corrected chi connectivity index (χ4v) is 4.06. The molecule has 0 spiro atoms. The van der Waals surface area contributed by atoms with Crippen molar-refractivity contribution in [2.45, 2.75) is 49.9 Å². The highest BCUT2D eigenvalue weighted by Crippen LogP contribution is 2.30. The van der Waals surface area contributed by atoms with Crippen molar-refractivity contribution in [2.75, 3.05) is 5.75 Å². The van der Waals surface area contributed by atoms with E-state index in [9.17, 15) is 8.42 Å². The van der Waals surface area contributed by atoms with Crippen molar-refractivity contribution in [1.29, 1.82) is 0 Å². The third-order valence-electron chi connectivity index (χ3n) is 3.34. The van der Waals surface area contributed by atoms with E-state index >= 15 is 0 Å². The lowest BCUT2D eigenvalue weighted by Gasteiger charge is -2.28. The zero-order valence-electron chi connectivity index (χ0n) is 7.99. The van der Waals surface area contributed by atoms with Gasteiger partial charge in [-0.05, 0) is 25.7 Å². The molecule has 0 aromatic heterocycles. The average Bonchev–Trinajstić information content (AvgIpc) is 2.45. The number of fused-ring (bicyclic) bond motifs is 2. The number of hydrogen-bond donors (Lipinski definition) is 1. The highest BCUT2D eigenvalue weighted by Gasteiger charge is 2.38. The minimum atomic E-state index is -2.79. The summed E-state index contributed by atoms with van der Waals surface area (Å²) in [5, 5.41) is 3.39. The van der Waals surface area contributed by atoms with Gasteiger partial charge in [-0.15, -0.1) is 0 Å². The van der Waals surface area contributed by atoms with Crippen molar-refractivity contribution in [3.63, 3.8) is 0 Å². The van der Waals surface area contributed by atoms with Gasteiger partial charge in [0, 0.05) is 17.8 Å². The molecule has 2 aliphatic rings. The van der Waals surface area contributed by atoms with E-state index in [0.29, 0.717) is 17.8 Å². The molecule has 2 atom stereocenters. The van der Waals surface area contributed by atoms with Crippen LogP contribution in [0.5, 0.6) is 0 Å². The van der Waals surface area contributed by atoms with Crippen LogP contribution in [0.2, 0.25) is 0 Å². The molecule has 0 saturated carbocycles. The SMILES string of the molecule is CCS(=O)(=O)C1C[C@H]2CC[C@H](C1)N2. The summed E-state index contributed by atoms with van der Waals surface area (Å²) in [5.41, 5.74) is 0. The molecule has 2 rings (SSSR count). The molecule has 0 aromatic carbocycles. The maximum Gasteiger partial charge on any atom is 0.153 e. The van der Waals surface area contributed by atoms with Crippen LogP contribution in [0, 0.1) is 0 Å². The second-order valence-corrected chi connectivity index (χ2v) is 6.75. The Morgan fingerprint density at radius 1 is 1.23 bits per heavy atom. The molecule has 2 aliphatic heterocycles. The minimum absolute atomic E-state index is 0.0590. The Morgan fingerprint density at radius 2 is 1.77 bits per heavy atom.